The molecule has 0 atom stereocenters. The molecule has 4 aromatic rings. The standard InChI is InChI=1S/C13H14NP.C12H11OP.C5H9NO.C2H4O2.Ru/c1-14-15(12-8-4-2-5-9-12)13-10-6-3-7-11-13;13-14(11-7-3-1-4-8-11)12-9-5-2-6-10-12;1-4-6(3)5(2)7;1-2(3)4;/h2-11,14H,1H3;1-10,14H;4H,1H2,2-3H3;1H3,(H,3,4);. The molecule has 0 bridgehead atoms. The van der Waals surface area contributed by atoms with Crippen LogP contribution in [-0.2, 0) is 33.6 Å². The Hall–Kier alpha value is -3.20. The van der Waals surface area contributed by atoms with Gasteiger partial charge in [0.15, 0.2) is 0 Å². The van der Waals surface area contributed by atoms with Crippen molar-refractivity contribution >= 4 is 49.0 Å². The molecule has 0 saturated heterocycles. The van der Waals surface area contributed by atoms with Gasteiger partial charge in [0.25, 0.3) is 5.97 Å². The van der Waals surface area contributed by atoms with E-state index in [0.29, 0.717) is 0 Å². The minimum Gasteiger partial charge on any atom is -0.481 e. The molecule has 0 spiro atoms. The van der Waals surface area contributed by atoms with Crippen LogP contribution in [0, 0.1) is 0 Å². The SMILES string of the molecule is C=CN(C)C(C)=O.CC(=O)O.CNP(c1ccccc1)c1ccccc1.O=[PH](c1ccccc1)c1ccccc1.[Ru]. The van der Waals surface area contributed by atoms with Gasteiger partial charge >= 0.3 is 0 Å². The van der Waals surface area contributed by atoms with E-state index in [-0.39, 0.29) is 25.4 Å². The summed E-state index contributed by atoms with van der Waals surface area (Å²) < 4.78 is 12.0. The van der Waals surface area contributed by atoms with E-state index < -0.39 is 21.8 Å². The fourth-order valence-electron chi connectivity index (χ4n) is 3.04. The van der Waals surface area contributed by atoms with Crippen LogP contribution in [0.25, 0.3) is 0 Å². The molecule has 1 amide bonds. The Labute approximate surface area is 258 Å². The smallest absolute Gasteiger partial charge is 0.300 e. The second kappa shape index (κ2) is 22.5. The first-order chi connectivity index (χ1) is 19.2. The molecule has 218 valence electrons. The maximum absolute atomic E-state index is 12.0. The number of carboxylic acids is 1. The van der Waals surface area contributed by atoms with E-state index in [1.54, 1.807) is 7.05 Å². The molecule has 2 N–H and O–H groups in total. The normalized spacial score (nSPS) is 9.32. The summed E-state index contributed by atoms with van der Waals surface area (Å²) in [6, 6.07) is 40.3. The van der Waals surface area contributed by atoms with Crippen LogP contribution in [0.15, 0.2) is 134 Å². The molecule has 0 aliphatic rings. The Kier molecular flexibility index (Phi) is 20.7. The van der Waals surface area contributed by atoms with Gasteiger partial charge in [0.05, 0.1) is 0 Å². The number of carboxylic acid groups (broad SMARTS) is 1. The molecule has 4 rings (SSSR count). The van der Waals surface area contributed by atoms with Gasteiger partial charge in [-0.05, 0) is 23.9 Å². The zero-order chi connectivity index (χ0) is 29.8. The van der Waals surface area contributed by atoms with E-state index in [1.807, 2.05) is 67.7 Å². The molecule has 41 heavy (non-hydrogen) atoms. The van der Waals surface area contributed by atoms with Gasteiger partial charge in [-0.3, -0.25) is 14.7 Å². The number of hydrogen-bond acceptors (Lipinski definition) is 4. The molecular formula is C32H38N2O4P2Ru. The molecule has 9 heteroatoms. The fraction of sp³-hybridized carbons (Fsp3) is 0.125. The monoisotopic (exact) mass is 678 g/mol. The minimum absolute atomic E-state index is 0. The third kappa shape index (κ3) is 16.0. The second-order valence-electron chi connectivity index (χ2n) is 8.12. The summed E-state index contributed by atoms with van der Waals surface area (Å²) in [6.45, 7) is 5.96. The van der Waals surface area contributed by atoms with E-state index in [1.165, 1.54) is 28.6 Å². The maximum Gasteiger partial charge on any atom is 0.300 e. The van der Waals surface area contributed by atoms with Crippen molar-refractivity contribution in [3.05, 3.63) is 134 Å². The van der Waals surface area contributed by atoms with Crippen molar-refractivity contribution in [2.45, 2.75) is 13.8 Å². The van der Waals surface area contributed by atoms with Crippen LogP contribution in [0.2, 0.25) is 0 Å². The van der Waals surface area contributed by atoms with E-state index in [0.717, 1.165) is 17.5 Å². The van der Waals surface area contributed by atoms with Gasteiger partial charge in [-0.25, -0.2) is 0 Å². The predicted molar refractivity (Wildman–Crippen MR) is 171 cm³/mol. The van der Waals surface area contributed by atoms with Crippen molar-refractivity contribution in [2.24, 2.45) is 0 Å². The van der Waals surface area contributed by atoms with Crippen LogP contribution >= 0.6 is 15.9 Å². The van der Waals surface area contributed by atoms with Gasteiger partial charge in [-0.15, -0.1) is 0 Å². The number of hydrogen-bond donors (Lipinski definition) is 2. The summed E-state index contributed by atoms with van der Waals surface area (Å²) in [5.41, 5.74) is 0. The van der Waals surface area contributed by atoms with Crippen molar-refractivity contribution in [1.29, 1.82) is 0 Å². The quantitative estimate of drug-likeness (QED) is 0.218. The molecule has 4 aromatic carbocycles. The first kappa shape index (κ1) is 37.8. The van der Waals surface area contributed by atoms with E-state index >= 15 is 0 Å². The van der Waals surface area contributed by atoms with Crippen molar-refractivity contribution in [2.75, 3.05) is 14.1 Å². The van der Waals surface area contributed by atoms with Crippen molar-refractivity contribution in [3.63, 3.8) is 0 Å². The summed E-state index contributed by atoms with van der Waals surface area (Å²) in [5.74, 6) is -0.824. The molecule has 0 aromatic heterocycles. The summed E-state index contributed by atoms with van der Waals surface area (Å²) in [6.07, 6.45) is 1.47. The Morgan fingerprint density at radius 1 is 0.756 bits per heavy atom. The Morgan fingerprint density at radius 2 is 1.05 bits per heavy atom. The van der Waals surface area contributed by atoms with E-state index in [4.69, 9.17) is 9.90 Å². The second-order valence-corrected chi connectivity index (χ2v) is 12.1. The van der Waals surface area contributed by atoms with Gasteiger partial charge in [-0.1, -0.05) is 128 Å². The zero-order valence-corrected chi connectivity index (χ0v) is 27.4. The number of nitrogens with zero attached hydrogens (tertiary/aromatic N) is 1. The number of aliphatic carboxylic acids is 1. The van der Waals surface area contributed by atoms with Gasteiger partial charge in [-0.2, -0.15) is 0 Å². The summed E-state index contributed by atoms with van der Waals surface area (Å²) in [7, 11) is 1.49. The topological polar surface area (TPSA) is 86.7 Å². The molecule has 0 aliphatic carbocycles. The van der Waals surface area contributed by atoms with E-state index in [9.17, 15) is 9.36 Å². The molecule has 6 nitrogen and oxygen atoms in total. The first-order valence-corrected chi connectivity index (χ1v) is 15.2. The number of carbonyl (C=O) groups excluding carboxylic acids is 1. The predicted octanol–water partition coefficient (Wildman–Crippen LogP) is 5.15. The third-order valence-corrected chi connectivity index (χ3v) is 8.89. The van der Waals surface area contributed by atoms with Gasteiger partial charge in [0.2, 0.25) is 5.91 Å². The first-order valence-electron chi connectivity index (χ1n) is 12.5. The van der Waals surface area contributed by atoms with Gasteiger partial charge in [0, 0.05) is 59.1 Å². The van der Waals surface area contributed by atoms with Gasteiger partial charge < -0.3 is 14.6 Å². The fourth-order valence-corrected chi connectivity index (χ4v) is 6.11. The summed E-state index contributed by atoms with van der Waals surface area (Å²) in [5, 5.41) is 15.4. The largest absolute Gasteiger partial charge is 0.481 e. The van der Waals surface area contributed by atoms with Crippen molar-refractivity contribution in [1.82, 2.24) is 9.99 Å². The number of amides is 1. The zero-order valence-electron chi connectivity index (χ0n) is 23.8. The van der Waals surface area contributed by atoms with Crippen LogP contribution in [-0.4, -0.2) is 36.0 Å². The van der Waals surface area contributed by atoms with Crippen LogP contribution in [0.5, 0.6) is 0 Å². The number of benzene rings is 4. The average molecular weight is 678 g/mol. The van der Waals surface area contributed by atoms with Crippen LogP contribution in [0.3, 0.4) is 0 Å². The number of nitrogens with one attached hydrogen (secondary N) is 1. The molecule has 0 fully saturated rings. The Balaban J connectivity index is 0.000000571. The molecule has 0 unspecified atom stereocenters. The van der Waals surface area contributed by atoms with Crippen molar-refractivity contribution in [3.8, 4) is 0 Å². The molecule has 0 radical (unpaired) electrons. The summed E-state index contributed by atoms with van der Waals surface area (Å²) >= 11 is 0. The number of rotatable bonds is 6. The third-order valence-electron chi connectivity index (χ3n) is 5.09. The molecular weight excluding hydrogens is 639 g/mol. The molecule has 0 aliphatic heterocycles. The summed E-state index contributed by atoms with van der Waals surface area (Å²) in [4.78, 5) is 20.6. The Bertz CT molecular complexity index is 1210. The maximum atomic E-state index is 12.0. The average Bonchev–Trinajstić information content (AvgIpc) is 2.99. The van der Waals surface area contributed by atoms with Crippen LogP contribution in [0.1, 0.15) is 13.8 Å². The van der Waals surface area contributed by atoms with E-state index in [2.05, 4.69) is 72.3 Å². The Morgan fingerprint density at radius 3 is 1.27 bits per heavy atom. The van der Waals surface area contributed by atoms with Crippen molar-refractivity contribution < 1.29 is 38.7 Å². The van der Waals surface area contributed by atoms with Crippen LogP contribution < -0.4 is 26.3 Å². The van der Waals surface area contributed by atoms with Gasteiger partial charge in [0.1, 0.15) is 7.80 Å². The molecule has 0 saturated carbocycles. The minimum atomic E-state index is -1.79. The van der Waals surface area contributed by atoms with Crippen LogP contribution in [0.4, 0.5) is 0 Å². The molecule has 0 heterocycles. The number of carbonyl (C=O) groups is 2.